The summed E-state index contributed by atoms with van der Waals surface area (Å²) >= 11 is 0. The van der Waals surface area contributed by atoms with E-state index < -0.39 is 30.1 Å². The number of halogens is 1. The largest absolute Gasteiger partial charge is 0.460 e. The number of cyclic esters (lactones) is 1. The molecule has 0 bridgehead atoms. The van der Waals surface area contributed by atoms with E-state index in [2.05, 4.69) is 21.3 Å². The number of nitrogens with one attached hydrogen (secondary N) is 4. The smallest absolute Gasteiger partial charge is 0.407 e. The Morgan fingerprint density at radius 2 is 1.80 bits per heavy atom. The van der Waals surface area contributed by atoms with Crippen LogP contribution in [0.4, 0.5) is 14.9 Å². The summed E-state index contributed by atoms with van der Waals surface area (Å²) in [4.78, 5) is 70.0. The van der Waals surface area contributed by atoms with Crippen molar-refractivity contribution in [3.63, 3.8) is 0 Å². The summed E-state index contributed by atoms with van der Waals surface area (Å²) in [6.07, 6.45) is 0.789. The second kappa shape index (κ2) is 14.9. The zero-order chi connectivity index (χ0) is 39.3. The Morgan fingerprint density at radius 1 is 1.05 bits per heavy atom. The van der Waals surface area contributed by atoms with E-state index in [1.165, 1.54) is 6.07 Å². The first kappa shape index (κ1) is 37.7. The molecule has 2 aromatic carbocycles. The number of hydrogen-bond acceptors (Lipinski definition) is 9. The van der Waals surface area contributed by atoms with Gasteiger partial charge in [-0.25, -0.2) is 14.2 Å². The van der Waals surface area contributed by atoms with Crippen LogP contribution in [-0.4, -0.2) is 52.6 Å². The standard InChI is InChI=1S/C41H45FN6O7/c1-7-24-26-14-32-36-27(16-48(32)39(51)28(26)18-54-40(24)52)34-30(13-12-25-20(4)29(42)15-31(46-36)33(25)34)47-41(53)55-17-22-8-10-23(11-9-22)45-37(49)21(5)44-38(50)35(43-6)19(2)3/h8-11,14-15,19,21,24,30,35,43H,7,12-13,16-18H2,1-6H3,(H,44,50)(H,45,49)(H,47,53). The predicted octanol–water partition coefficient (Wildman–Crippen LogP) is 5.02. The number of amides is 3. The first-order valence-corrected chi connectivity index (χ1v) is 18.7. The lowest BCUT2D eigenvalue weighted by atomic mass is 9.81. The first-order chi connectivity index (χ1) is 26.3. The van der Waals surface area contributed by atoms with Gasteiger partial charge in [-0.05, 0) is 92.1 Å². The van der Waals surface area contributed by atoms with E-state index >= 15 is 4.39 Å². The van der Waals surface area contributed by atoms with Gasteiger partial charge in [-0.2, -0.15) is 0 Å². The van der Waals surface area contributed by atoms with Gasteiger partial charge in [0.15, 0.2) is 0 Å². The lowest BCUT2D eigenvalue weighted by Gasteiger charge is -2.29. The molecule has 0 saturated carbocycles. The van der Waals surface area contributed by atoms with Crippen molar-refractivity contribution in [3.8, 4) is 11.4 Å². The van der Waals surface area contributed by atoms with Crippen molar-refractivity contribution in [2.75, 3.05) is 12.4 Å². The topological polar surface area (TPSA) is 170 Å². The first-order valence-electron chi connectivity index (χ1n) is 18.7. The van der Waals surface area contributed by atoms with Crippen molar-refractivity contribution in [2.45, 2.75) is 97.7 Å². The lowest BCUT2D eigenvalue weighted by Crippen LogP contribution is -2.51. The minimum Gasteiger partial charge on any atom is -0.460 e. The molecule has 2 aromatic heterocycles. The monoisotopic (exact) mass is 752 g/mol. The predicted molar refractivity (Wildman–Crippen MR) is 203 cm³/mol. The van der Waals surface area contributed by atoms with Crippen molar-refractivity contribution in [1.29, 1.82) is 0 Å². The SMILES string of the molecule is CCC1C(=O)OCc2c1cc1n(c2=O)Cc2c-1nc1cc(F)c(C)c3c1c2C(NC(=O)OCc1ccc(NC(=O)C(C)NC(=O)C(NC)C(C)C)cc1)CC3. The highest BCUT2D eigenvalue weighted by Crippen LogP contribution is 2.45. The highest BCUT2D eigenvalue weighted by molar-refractivity contribution is 5.97. The number of carbonyl (C=O) groups excluding carboxylic acids is 4. The molecule has 3 amide bonds. The highest BCUT2D eigenvalue weighted by atomic mass is 19.1. The second-order valence-electron chi connectivity index (χ2n) is 14.9. The number of aromatic nitrogens is 2. The molecule has 7 rings (SSSR count). The molecule has 0 saturated heterocycles. The van der Waals surface area contributed by atoms with Gasteiger partial charge in [0.25, 0.3) is 5.56 Å². The van der Waals surface area contributed by atoms with Gasteiger partial charge >= 0.3 is 12.1 Å². The molecule has 3 aliphatic rings. The van der Waals surface area contributed by atoms with Crippen LogP contribution in [0.2, 0.25) is 0 Å². The molecule has 4 atom stereocenters. The molecule has 2 aliphatic heterocycles. The van der Waals surface area contributed by atoms with Crippen molar-refractivity contribution in [3.05, 3.63) is 91.5 Å². The Balaban J connectivity index is 1.08. The van der Waals surface area contributed by atoms with Crippen LogP contribution in [0.5, 0.6) is 0 Å². The van der Waals surface area contributed by atoms with Crippen molar-refractivity contribution in [1.82, 2.24) is 25.5 Å². The number of benzene rings is 2. The van der Waals surface area contributed by atoms with E-state index in [0.29, 0.717) is 64.1 Å². The van der Waals surface area contributed by atoms with Gasteiger partial charge in [-0.3, -0.25) is 19.2 Å². The van der Waals surface area contributed by atoms with Gasteiger partial charge in [-0.15, -0.1) is 0 Å². The molecule has 288 valence electrons. The molecule has 0 fully saturated rings. The zero-order valence-corrected chi connectivity index (χ0v) is 31.7. The Bertz CT molecular complexity index is 2300. The molecular formula is C41H45FN6O7. The summed E-state index contributed by atoms with van der Waals surface area (Å²) in [5.74, 6) is -1.90. The molecule has 1 aliphatic carbocycles. The fraction of sp³-hybridized carbons (Fsp3) is 0.415. The minimum absolute atomic E-state index is 0.0452. The summed E-state index contributed by atoms with van der Waals surface area (Å²) in [6, 6.07) is 8.37. The molecule has 4 aromatic rings. The van der Waals surface area contributed by atoms with E-state index in [1.807, 2.05) is 26.8 Å². The van der Waals surface area contributed by atoms with Crippen molar-refractivity contribution in [2.24, 2.45) is 5.92 Å². The van der Waals surface area contributed by atoms with E-state index in [-0.39, 0.29) is 54.8 Å². The summed E-state index contributed by atoms with van der Waals surface area (Å²) in [6.45, 7) is 9.11. The molecule has 55 heavy (non-hydrogen) atoms. The third-order valence-corrected chi connectivity index (χ3v) is 11.1. The molecular weight excluding hydrogens is 707 g/mol. The number of carbonyl (C=O) groups is 4. The van der Waals surface area contributed by atoms with Crippen LogP contribution in [0.25, 0.3) is 22.3 Å². The van der Waals surface area contributed by atoms with E-state index in [1.54, 1.807) is 49.7 Å². The van der Waals surface area contributed by atoms with Gasteiger partial charge in [0.05, 0.1) is 47.0 Å². The van der Waals surface area contributed by atoms with Crippen LogP contribution in [0.15, 0.2) is 41.2 Å². The van der Waals surface area contributed by atoms with Gasteiger partial charge in [0.2, 0.25) is 11.8 Å². The Kier molecular flexibility index (Phi) is 10.2. The van der Waals surface area contributed by atoms with Crippen LogP contribution in [-0.2, 0) is 50.0 Å². The molecule has 4 heterocycles. The Labute approximate surface area is 317 Å². The number of pyridine rings is 2. The fourth-order valence-corrected chi connectivity index (χ4v) is 8.12. The number of hydrogen-bond donors (Lipinski definition) is 4. The van der Waals surface area contributed by atoms with Gasteiger partial charge in [-0.1, -0.05) is 32.9 Å². The maximum absolute atomic E-state index is 15.3. The van der Waals surface area contributed by atoms with Crippen LogP contribution in [0.1, 0.15) is 91.4 Å². The Hall–Kier alpha value is -5.63. The number of esters is 1. The quantitative estimate of drug-likeness (QED) is 0.143. The number of aryl methyl sites for hydroxylation is 1. The van der Waals surface area contributed by atoms with Gasteiger partial charge < -0.3 is 35.3 Å². The maximum atomic E-state index is 15.3. The van der Waals surface area contributed by atoms with Gasteiger partial charge in [0, 0.05) is 22.7 Å². The minimum atomic E-state index is -0.763. The van der Waals surface area contributed by atoms with Crippen LogP contribution >= 0.6 is 0 Å². The van der Waals surface area contributed by atoms with Crippen LogP contribution < -0.4 is 26.8 Å². The van der Waals surface area contributed by atoms with Crippen molar-refractivity contribution >= 4 is 40.5 Å². The average molecular weight is 753 g/mol. The lowest BCUT2D eigenvalue weighted by molar-refractivity contribution is -0.148. The summed E-state index contributed by atoms with van der Waals surface area (Å²) in [5.41, 5.74) is 6.39. The summed E-state index contributed by atoms with van der Waals surface area (Å²) < 4.78 is 27.9. The summed E-state index contributed by atoms with van der Waals surface area (Å²) in [5, 5.41) is 12.3. The van der Waals surface area contributed by atoms with E-state index in [0.717, 1.165) is 22.1 Å². The molecule has 0 radical (unpaired) electrons. The van der Waals surface area contributed by atoms with Crippen LogP contribution in [0.3, 0.4) is 0 Å². The number of nitrogens with zero attached hydrogens (tertiary/aromatic N) is 2. The molecule has 0 spiro atoms. The number of ether oxygens (including phenoxy) is 2. The second-order valence-corrected chi connectivity index (χ2v) is 14.9. The number of rotatable bonds is 10. The average Bonchev–Trinajstić information content (AvgIpc) is 3.52. The number of likely N-dealkylation sites (N-methyl/N-ethyl adjacent to an activating group) is 1. The normalized spacial score (nSPS) is 17.8. The molecule has 13 nitrogen and oxygen atoms in total. The Morgan fingerprint density at radius 3 is 2.49 bits per heavy atom. The van der Waals surface area contributed by atoms with E-state index in [4.69, 9.17) is 14.5 Å². The zero-order valence-electron chi connectivity index (χ0n) is 31.7. The number of fused-ring (bicyclic) bond motifs is 5. The van der Waals surface area contributed by atoms with E-state index in [9.17, 15) is 24.0 Å². The maximum Gasteiger partial charge on any atom is 0.407 e. The molecule has 14 heteroatoms. The van der Waals surface area contributed by atoms with Crippen molar-refractivity contribution < 1.29 is 33.0 Å². The fourth-order valence-electron chi connectivity index (χ4n) is 8.12. The third-order valence-electron chi connectivity index (χ3n) is 11.1. The highest BCUT2D eigenvalue weighted by Gasteiger charge is 2.38. The van der Waals surface area contributed by atoms with Gasteiger partial charge in [0.1, 0.15) is 25.1 Å². The van der Waals surface area contributed by atoms with Crippen LogP contribution in [0, 0.1) is 18.7 Å². The number of anilines is 1. The number of alkyl carbamates (subject to hydrolysis) is 1. The molecule has 4 N–H and O–H groups in total. The summed E-state index contributed by atoms with van der Waals surface area (Å²) in [7, 11) is 1.70. The third kappa shape index (κ3) is 6.83. The molecule has 4 unspecified atom stereocenters.